The topological polar surface area (TPSA) is 70.1 Å². The number of rotatable bonds is 2. The molecule has 0 aliphatic carbocycles. The van der Waals surface area contributed by atoms with Crippen LogP contribution in [-0.4, -0.2) is 61.6 Å². The number of amides is 1. The van der Waals surface area contributed by atoms with E-state index in [1.807, 2.05) is 18.9 Å². The summed E-state index contributed by atoms with van der Waals surface area (Å²) in [7, 11) is 1.81. The lowest BCUT2D eigenvalue weighted by molar-refractivity contribution is 0.0100. The van der Waals surface area contributed by atoms with Crippen LogP contribution in [-0.2, 0) is 19.0 Å². The molecule has 2 aliphatic rings. The molecule has 2 aliphatic heterocycles. The number of likely N-dealkylation sites (tertiary alicyclic amines) is 1. The first-order valence-electron chi connectivity index (χ1n) is 9.24. The second-order valence-electron chi connectivity index (χ2n) is 7.25. The third-order valence-electron chi connectivity index (χ3n) is 6.12. The zero-order chi connectivity index (χ0) is 18.5. The molecule has 0 saturated carbocycles. The summed E-state index contributed by atoms with van der Waals surface area (Å²) >= 11 is 6.32. The van der Waals surface area contributed by atoms with Gasteiger partial charge in [0.2, 0.25) is 0 Å². The summed E-state index contributed by atoms with van der Waals surface area (Å²) in [6.45, 7) is 7.47. The van der Waals surface area contributed by atoms with Crippen molar-refractivity contribution in [2.24, 2.45) is 7.05 Å². The Labute approximate surface area is 158 Å². The summed E-state index contributed by atoms with van der Waals surface area (Å²) in [5.74, 6) is -0.0744. The van der Waals surface area contributed by atoms with Gasteiger partial charge in [-0.3, -0.25) is 14.4 Å². The van der Waals surface area contributed by atoms with Crippen molar-refractivity contribution in [1.82, 2.24) is 29.5 Å². The van der Waals surface area contributed by atoms with E-state index >= 15 is 0 Å². The molecular weight excluding hydrogens is 352 g/mol. The lowest BCUT2D eigenvalue weighted by Crippen LogP contribution is -2.57. The number of carbonyl (C=O) groups excluding carboxylic acids is 1. The SMILES string of the molecule is CCN1CCc2[nH]cnc2C12CCN(C(=O)c1nn(C)c(C)c1Cl)CC2. The van der Waals surface area contributed by atoms with Crippen LogP contribution in [0.2, 0.25) is 5.02 Å². The zero-order valence-electron chi connectivity index (χ0n) is 15.5. The highest BCUT2D eigenvalue weighted by Gasteiger charge is 2.46. The highest BCUT2D eigenvalue weighted by Crippen LogP contribution is 2.42. The third-order valence-corrected chi connectivity index (χ3v) is 6.57. The first kappa shape index (κ1) is 17.5. The molecule has 2 aromatic heterocycles. The van der Waals surface area contributed by atoms with Crippen LogP contribution in [0.1, 0.15) is 47.3 Å². The van der Waals surface area contributed by atoms with Crippen molar-refractivity contribution >= 4 is 17.5 Å². The number of aromatic nitrogens is 4. The molecule has 140 valence electrons. The van der Waals surface area contributed by atoms with Crippen molar-refractivity contribution < 1.29 is 4.79 Å². The maximum Gasteiger partial charge on any atom is 0.275 e. The molecule has 0 aromatic carbocycles. The molecule has 0 atom stereocenters. The third kappa shape index (κ3) is 2.48. The molecule has 0 radical (unpaired) electrons. The first-order valence-corrected chi connectivity index (χ1v) is 9.62. The maximum atomic E-state index is 12.9. The minimum Gasteiger partial charge on any atom is -0.348 e. The lowest BCUT2D eigenvalue weighted by Gasteiger charge is -2.50. The maximum absolute atomic E-state index is 12.9. The fourth-order valence-corrected chi connectivity index (χ4v) is 4.73. The van der Waals surface area contributed by atoms with Gasteiger partial charge in [-0.2, -0.15) is 5.10 Å². The Morgan fingerprint density at radius 2 is 2.08 bits per heavy atom. The summed E-state index contributed by atoms with van der Waals surface area (Å²) < 4.78 is 1.66. The number of imidazole rings is 1. The van der Waals surface area contributed by atoms with Crippen molar-refractivity contribution in [3.05, 3.63) is 34.1 Å². The van der Waals surface area contributed by atoms with Crippen LogP contribution in [0, 0.1) is 6.92 Å². The number of nitrogens with zero attached hydrogens (tertiary/aromatic N) is 5. The van der Waals surface area contributed by atoms with Gasteiger partial charge in [0, 0.05) is 38.8 Å². The molecule has 7 nitrogen and oxygen atoms in total. The van der Waals surface area contributed by atoms with Gasteiger partial charge in [-0.05, 0) is 26.3 Å². The van der Waals surface area contributed by atoms with E-state index in [4.69, 9.17) is 11.6 Å². The molecule has 1 amide bonds. The highest BCUT2D eigenvalue weighted by atomic mass is 35.5. The fourth-order valence-electron chi connectivity index (χ4n) is 4.49. The number of aryl methyl sites for hydroxylation is 1. The molecule has 2 aromatic rings. The number of piperidine rings is 1. The minimum atomic E-state index is -0.0744. The number of fused-ring (bicyclic) bond motifs is 2. The number of likely N-dealkylation sites (N-methyl/N-ethyl adjacent to an activating group) is 1. The Morgan fingerprint density at radius 3 is 2.69 bits per heavy atom. The van der Waals surface area contributed by atoms with Crippen molar-refractivity contribution in [2.75, 3.05) is 26.2 Å². The van der Waals surface area contributed by atoms with Crippen LogP contribution < -0.4 is 0 Å². The van der Waals surface area contributed by atoms with Crippen molar-refractivity contribution in [3.8, 4) is 0 Å². The average Bonchev–Trinajstić information content (AvgIpc) is 3.23. The molecule has 1 spiro atoms. The molecule has 26 heavy (non-hydrogen) atoms. The van der Waals surface area contributed by atoms with Gasteiger partial charge in [0.1, 0.15) is 0 Å². The van der Waals surface area contributed by atoms with Crippen LogP contribution in [0.25, 0.3) is 0 Å². The van der Waals surface area contributed by atoms with Gasteiger partial charge in [0.25, 0.3) is 5.91 Å². The Bertz CT molecular complexity index is 833. The number of hydrogen-bond acceptors (Lipinski definition) is 4. The van der Waals surface area contributed by atoms with Crippen LogP contribution >= 0.6 is 11.6 Å². The Morgan fingerprint density at radius 1 is 1.35 bits per heavy atom. The van der Waals surface area contributed by atoms with Crippen molar-refractivity contribution in [2.45, 2.75) is 38.6 Å². The minimum absolute atomic E-state index is 0.0665. The number of H-pyrrole nitrogens is 1. The number of halogens is 1. The second kappa shape index (κ2) is 6.39. The van der Waals surface area contributed by atoms with E-state index in [0.29, 0.717) is 23.8 Å². The predicted molar refractivity (Wildman–Crippen MR) is 99.3 cm³/mol. The second-order valence-corrected chi connectivity index (χ2v) is 7.63. The molecule has 1 saturated heterocycles. The van der Waals surface area contributed by atoms with Gasteiger partial charge in [-0.25, -0.2) is 4.98 Å². The van der Waals surface area contributed by atoms with Gasteiger partial charge in [-0.1, -0.05) is 18.5 Å². The van der Waals surface area contributed by atoms with Crippen molar-refractivity contribution in [3.63, 3.8) is 0 Å². The van der Waals surface area contributed by atoms with Gasteiger partial charge >= 0.3 is 0 Å². The molecule has 0 bridgehead atoms. The largest absolute Gasteiger partial charge is 0.348 e. The standard InChI is InChI=1S/C18H25ClN6O/c1-4-25-8-5-13-16(21-11-20-13)18(25)6-9-24(10-7-18)17(26)15-14(19)12(2)23(3)22-15/h11H,4-10H2,1-3H3,(H,20,21). The Balaban J connectivity index is 1.57. The summed E-state index contributed by atoms with van der Waals surface area (Å²) in [6, 6.07) is 0. The van der Waals surface area contributed by atoms with E-state index in [0.717, 1.165) is 38.0 Å². The summed E-state index contributed by atoms with van der Waals surface area (Å²) in [4.78, 5) is 25.3. The molecule has 4 heterocycles. The molecule has 1 N–H and O–H groups in total. The van der Waals surface area contributed by atoms with Crippen LogP contribution in [0.15, 0.2) is 6.33 Å². The van der Waals surface area contributed by atoms with Crippen LogP contribution in [0.4, 0.5) is 0 Å². The Kier molecular flexibility index (Phi) is 4.31. The van der Waals surface area contributed by atoms with E-state index in [9.17, 15) is 4.79 Å². The number of nitrogens with one attached hydrogen (secondary N) is 1. The summed E-state index contributed by atoms with van der Waals surface area (Å²) in [5.41, 5.74) is 3.53. The van der Waals surface area contributed by atoms with E-state index in [1.54, 1.807) is 11.0 Å². The summed E-state index contributed by atoms with van der Waals surface area (Å²) in [6.07, 6.45) is 4.58. The zero-order valence-corrected chi connectivity index (χ0v) is 16.3. The van der Waals surface area contributed by atoms with Gasteiger partial charge in [0.05, 0.1) is 28.3 Å². The molecule has 8 heteroatoms. The number of hydrogen-bond donors (Lipinski definition) is 1. The number of aromatic amines is 1. The van der Waals surface area contributed by atoms with Crippen LogP contribution in [0.5, 0.6) is 0 Å². The average molecular weight is 377 g/mol. The smallest absolute Gasteiger partial charge is 0.275 e. The van der Waals surface area contributed by atoms with E-state index in [-0.39, 0.29) is 11.4 Å². The van der Waals surface area contributed by atoms with Crippen LogP contribution in [0.3, 0.4) is 0 Å². The highest BCUT2D eigenvalue weighted by molar-refractivity contribution is 6.34. The van der Waals surface area contributed by atoms with Crippen molar-refractivity contribution in [1.29, 1.82) is 0 Å². The van der Waals surface area contributed by atoms with E-state index in [2.05, 4.69) is 26.9 Å². The molecule has 0 unspecified atom stereocenters. The number of carbonyl (C=O) groups is 1. The van der Waals surface area contributed by atoms with Gasteiger partial charge in [-0.15, -0.1) is 0 Å². The quantitative estimate of drug-likeness (QED) is 0.871. The lowest BCUT2D eigenvalue weighted by atomic mass is 9.78. The normalized spacial score (nSPS) is 19.8. The predicted octanol–water partition coefficient (Wildman–Crippen LogP) is 2.11. The molecule has 1 fully saturated rings. The summed E-state index contributed by atoms with van der Waals surface area (Å²) in [5, 5.41) is 4.77. The van der Waals surface area contributed by atoms with E-state index in [1.165, 1.54) is 11.4 Å². The van der Waals surface area contributed by atoms with Gasteiger partial charge in [0.15, 0.2) is 5.69 Å². The first-order chi connectivity index (χ1) is 12.5. The monoisotopic (exact) mass is 376 g/mol. The molecular formula is C18H25ClN6O. The molecule has 4 rings (SSSR count). The van der Waals surface area contributed by atoms with E-state index < -0.39 is 0 Å². The Hall–Kier alpha value is -1.86. The fraction of sp³-hybridized carbons (Fsp3) is 0.611. The van der Waals surface area contributed by atoms with Gasteiger partial charge < -0.3 is 9.88 Å².